The summed E-state index contributed by atoms with van der Waals surface area (Å²) in [6.07, 6.45) is 0. The molecule has 3 rings (SSSR count). The van der Waals surface area contributed by atoms with Gasteiger partial charge in [-0.25, -0.2) is 4.98 Å². The van der Waals surface area contributed by atoms with E-state index in [9.17, 15) is 0 Å². The van der Waals surface area contributed by atoms with E-state index in [4.69, 9.17) is 21.6 Å². The van der Waals surface area contributed by atoms with Gasteiger partial charge in [0, 0.05) is 4.88 Å². The van der Waals surface area contributed by atoms with Crippen LogP contribution in [0.4, 0.5) is 0 Å². The molecule has 0 aliphatic rings. The summed E-state index contributed by atoms with van der Waals surface area (Å²) in [5.41, 5.74) is 0.528. The second-order valence-corrected chi connectivity index (χ2v) is 5.69. The lowest BCUT2D eigenvalue weighted by molar-refractivity contribution is 0.468. The summed E-state index contributed by atoms with van der Waals surface area (Å²) in [5, 5.41) is 9.86. The van der Waals surface area contributed by atoms with E-state index in [1.165, 1.54) is 11.3 Å². The molecule has 0 radical (unpaired) electrons. The molecule has 0 saturated carbocycles. The van der Waals surface area contributed by atoms with Crippen LogP contribution in [0, 0.1) is 18.3 Å². The molecule has 0 fully saturated rings. The van der Waals surface area contributed by atoms with Gasteiger partial charge in [-0.2, -0.15) is 10.2 Å². The van der Waals surface area contributed by atoms with Crippen molar-refractivity contribution in [3.05, 3.63) is 46.1 Å². The van der Waals surface area contributed by atoms with Gasteiger partial charge >= 0.3 is 0 Å². The molecule has 0 unspecified atom stereocenters. The Hall–Kier alpha value is -2.16. The minimum Gasteiger partial charge on any atom is -0.438 e. The first-order valence-electron chi connectivity index (χ1n) is 5.77. The van der Waals surface area contributed by atoms with Gasteiger partial charge in [0.05, 0.1) is 17.0 Å². The van der Waals surface area contributed by atoms with E-state index in [1.807, 2.05) is 13.0 Å². The van der Waals surface area contributed by atoms with Crippen LogP contribution in [0.3, 0.4) is 0 Å². The van der Waals surface area contributed by atoms with E-state index in [-0.39, 0.29) is 5.28 Å². The van der Waals surface area contributed by atoms with Gasteiger partial charge in [0.15, 0.2) is 0 Å². The minimum atomic E-state index is 0.144. The van der Waals surface area contributed by atoms with Crippen LogP contribution in [0.5, 0.6) is 11.6 Å². The molecule has 6 heteroatoms. The molecule has 0 N–H and O–H groups in total. The molecule has 0 aliphatic carbocycles. The summed E-state index contributed by atoms with van der Waals surface area (Å²) >= 11 is 7.44. The number of benzene rings is 1. The van der Waals surface area contributed by atoms with Crippen LogP contribution in [0.25, 0.3) is 10.2 Å². The van der Waals surface area contributed by atoms with E-state index in [1.54, 1.807) is 24.3 Å². The number of halogens is 1. The van der Waals surface area contributed by atoms with Crippen LogP contribution >= 0.6 is 22.9 Å². The molecule has 20 heavy (non-hydrogen) atoms. The molecular weight excluding hydrogens is 294 g/mol. The second-order valence-electron chi connectivity index (χ2n) is 4.12. The summed E-state index contributed by atoms with van der Waals surface area (Å²) in [6, 6.07) is 10.9. The first-order chi connectivity index (χ1) is 9.65. The number of thiophene rings is 1. The Labute approximate surface area is 124 Å². The number of nitrogens with zero attached hydrogens (tertiary/aromatic N) is 3. The number of hydrogen-bond donors (Lipinski definition) is 0. The van der Waals surface area contributed by atoms with Gasteiger partial charge in [0.1, 0.15) is 10.6 Å². The molecule has 2 heterocycles. The largest absolute Gasteiger partial charge is 0.438 e. The first-order valence-corrected chi connectivity index (χ1v) is 6.97. The summed E-state index contributed by atoms with van der Waals surface area (Å²) in [6.45, 7) is 1.99. The highest BCUT2D eigenvalue weighted by atomic mass is 35.5. The number of rotatable bonds is 2. The Kier molecular flexibility index (Phi) is 3.26. The third-order valence-electron chi connectivity index (χ3n) is 2.63. The summed E-state index contributed by atoms with van der Waals surface area (Å²) < 4.78 is 5.75. The molecule has 0 aliphatic heterocycles. The topological polar surface area (TPSA) is 58.8 Å². The molecule has 0 bridgehead atoms. The van der Waals surface area contributed by atoms with Crippen molar-refractivity contribution >= 4 is 33.2 Å². The standard InChI is InChI=1S/C14H8ClN3OS/c1-8-5-11-12(17-14(15)18-13(11)20-8)19-10-4-2-3-9(6-10)7-16/h2-6H,1H3. The Morgan fingerprint density at radius 3 is 2.95 bits per heavy atom. The molecular formula is C14H8ClN3OS. The fourth-order valence-corrected chi connectivity index (χ4v) is 2.89. The predicted molar refractivity (Wildman–Crippen MR) is 78.4 cm³/mol. The number of ether oxygens (including phenoxy) is 1. The van der Waals surface area contributed by atoms with E-state index in [2.05, 4.69) is 16.0 Å². The highest BCUT2D eigenvalue weighted by molar-refractivity contribution is 7.18. The lowest BCUT2D eigenvalue weighted by atomic mass is 10.2. The molecule has 1 aromatic carbocycles. The Balaban J connectivity index is 2.08. The van der Waals surface area contributed by atoms with Crippen LogP contribution in [0.2, 0.25) is 5.28 Å². The van der Waals surface area contributed by atoms with Gasteiger partial charge in [-0.05, 0) is 42.8 Å². The highest BCUT2D eigenvalue weighted by Crippen LogP contribution is 2.33. The number of aryl methyl sites for hydroxylation is 1. The normalized spacial score (nSPS) is 10.4. The molecule has 0 atom stereocenters. The second kappa shape index (κ2) is 5.08. The highest BCUT2D eigenvalue weighted by Gasteiger charge is 2.12. The van der Waals surface area contributed by atoms with Crippen LogP contribution < -0.4 is 4.74 Å². The third-order valence-corrected chi connectivity index (χ3v) is 3.74. The van der Waals surface area contributed by atoms with Crippen molar-refractivity contribution in [2.75, 3.05) is 0 Å². The van der Waals surface area contributed by atoms with E-state index < -0.39 is 0 Å². The maximum atomic E-state index is 8.90. The molecule has 2 aromatic heterocycles. The fraction of sp³-hybridized carbons (Fsp3) is 0.0714. The van der Waals surface area contributed by atoms with Gasteiger partial charge in [0.2, 0.25) is 11.2 Å². The van der Waals surface area contributed by atoms with Crippen molar-refractivity contribution in [1.29, 1.82) is 5.26 Å². The van der Waals surface area contributed by atoms with Crippen molar-refractivity contribution in [2.45, 2.75) is 6.92 Å². The zero-order valence-electron chi connectivity index (χ0n) is 10.4. The van der Waals surface area contributed by atoms with Gasteiger partial charge in [-0.15, -0.1) is 11.3 Å². The molecule has 0 saturated heterocycles. The average molecular weight is 302 g/mol. The predicted octanol–water partition coefficient (Wildman–Crippen LogP) is 4.32. The van der Waals surface area contributed by atoms with E-state index in [0.29, 0.717) is 17.2 Å². The van der Waals surface area contributed by atoms with Gasteiger partial charge < -0.3 is 4.74 Å². The maximum absolute atomic E-state index is 8.90. The molecule has 3 aromatic rings. The Bertz CT molecular complexity index is 838. The van der Waals surface area contributed by atoms with Crippen molar-refractivity contribution < 1.29 is 4.74 Å². The number of aromatic nitrogens is 2. The van der Waals surface area contributed by atoms with Gasteiger partial charge in [-0.3, -0.25) is 0 Å². The molecule has 0 amide bonds. The number of hydrogen-bond acceptors (Lipinski definition) is 5. The molecule has 98 valence electrons. The van der Waals surface area contributed by atoms with Crippen LogP contribution in [-0.2, 0) is 0 Å². The van der Waals surface area contributed by atoms with E-state index in [0.717, 1.165) is 15.1 Å². The SMILES string of the molecule is Cc1cc2c(Oc3cccc(C#N)c3)nc(Cl)nc2s1. The van der Waals surface area contributed by atoms with Crippen molar-refractivity contribution in [2.24, 2.45) is 0 Å². The zero-order chi connectivity index (χ0) is 14.1. The zero-order valence-corrected chi connectivity index (χ0v) is 12.0. The number of fused-ring (bicyclic) bond motifs is 1. The molecule has 0 spiro atoms. The lowest BCUT2D eigenvalue weighted by Gasteiger charge is -2.06. The van der Waals surface area contributed by atoms with Crippen LogP contribution in [0.15, 0.2) is 30.3 Å². The quantitative estimate of drug-likeness (QED) is 0.661. The van der Waals surface area contributed by atoms with Crippen LogP contribution in [-0.4, -0.2) is 9.97 Å². The smallest absolute Gasteiger partial charge is 0.232 e. The first kappa shape index (κ1) is 12.9. The van der Waals surface area contributed by atoms with E-state index >= 15 is 0 Å². The molecule has 4 nitrogen and oxygen atoms in total. The fourth-order valence-electron chi connectivity index (χ4n) is 1.81. The van der Waals surface area contributed by atoms with Crippen molar-refractivity contribution in [1.82, 2.24) is 9.97 Å². The van der Waals surface area contributed by atoms with Gasteiger partial charge in [0.25, 0.3) is 0 Å². The Morgan fingerprint density at radius 1 is 1.30 bits per heavy atom. The van der Waals surface area contributed by atoms with Gasteiger partial charge in [-0.1, -0.05) is 6.07 Å². The Morgan fingerprint density at radius 2 is 2.15 bits per heavy atom. The maximum Gasteiger partial charge on any atom is 0.232 e. The summed E-state index contributed by atoms with van der Waals surface area (Å²) in [5.74, 6) is 0.948. The van der Waals surface area contributed by atoms with Crippen LogP contribution in [0.1, 0.15) is 10.4 Å². The summed E-state index contributed by atoms with van der Waals surface area (Å²) in [7, 11) is 0. The third kappa shape index (κ3) is 2.44. The van der Waals surface area contributed by atoms with Crippen molar-refractivity contribution in [3.63, 3.8) is 0 Å². The summed E-state index contributed by atoms with van der Waals surface area (Å²) in [4.78, 5) is 10.2. The van der Waals surface area contributed by atoms with Crippen molar-refractivity contribution in [3.8, 4) is 17.7 Å². The lowest BCUT2D eigenvalue weighted by Crippen LogP contribution is -1.91. The number of nitriles is 1. The average Bonchev–Trinajstić information content (AvgIpc) is 2.79. The minimum absolute atomic E-state index is 0.144. The monoisotopic (exact) mass is 301 g/mol.